The van der Waals surface area contributed by atoms with E-state index in [1.807, 2.05) is 0 Å². The van der Waals surface area contributed by atoms with E-state index in [0.717, 1.165) is 30.4 Å². The van der Waals surface area contributed by atoms with Crippen LogP contribution in [0, 0.1) is 5.82 Å². The highest BCUT2D eigenvalue weighted by Gasteiger charge is 2.19. The molecular formula is C15H18FN3O. The lowest BCUT2D eigenvalue weighted by molar-refractivity contribution is 0.111. The van der Waals surface area contributed by atoms with Crippen LogP contribution in [0.15, 0.2) is 24.3 Å². The molecule has 0 atom stereocenters. The minimum atomic E-state index is -0.263. The maximum atomic E-state index is 12.9. The molecule has 0 amide bonds. The van der Waals surface area contributed by atoms with Gasteiger partial charge >= 0.3 is 0 Å². The lowest BCUT2D eigenvalue weighted by atomic mass is 9.97. The van der Waals surface area contributed by atoms with E-state index in [2.05, 4.69) is 24.2 Å². The van der Waals surface area contributed by atoms with Crippen molar-refractivity contribution in [2.45, 2.75) is 39.2 Å². The van der Waals surface area contributed by atoms with E-state index in [0.29, 0.717) is 12.2 Å². The molecule has 0 saturated carbocycles. The van der Waals surface area contributed by atoms with Crippen molar-refractivity contribution in [3.05, 3.63) is 47.0 Å². The molecule has 0 aliphatic carbocycles. The van der Waals surface area contributed by atoms with Gasteiger partial charge in [-0.15, -0.1) is 5.10 Å². The summed E-state index contributed by atoms with van der Waals surface area (Å²) in [6.45, 7) is 4.66. The lowest BCUT2D eigenvalue weighted by Crippen LogP contribution is -2.11. The van der Waals surface area contributed by atoms with Gasteiger partial charge in [-0.1, -0.05) is 31.2 Å². The third-order valence-electron chi connectivity index (χ3n) is 3.53. The summed E-state index contributed by atoms with van der Waals surface area (Å²) in [4.78, 5) is 11.1. The Balaban J connectivity index is 2.34. The highest BCUT2D eigenvalue weighted by atomic mass is 19.1. The Labute approximate surface area is 117 Å². The molecule has 0 saturated heterocycles. The van der Waals surface area contributed by atoms with Gasteiger partial charge < -0.3 is 0 Å². The Morgan fingerprint density at radius 3 is 2.45 bits per heavy atom. The third kappa shape index (κ3) is 2.92. The number of aromatic nitrogens is 3. The predicted octanol–water partition coefficient (Wildman–Crippen LogP) is 3.18. The molecule has 5 heteroatoms. The van der Waals surface area contributed by atoms with Gasteiger partial charge in [0.15, 0.2) is 6.29 Å². The van der Waals surface area contributed by atoms with Crippen LogP contribution < -0.4 is 0 Å². The molecule has 0 unspecified atom stereocenters. The molecule has 106 valence electrons. The largest absolute Gasteiger partial charge is 0.296 e. The first kappa shape index (κ1) is 14.4. The molecule has 0 radical (unpaired) electrons. The van der Waals surface area contributed by atoms with Gasteiger partial charge in [-0.25, -0.2) is 9.07 Å². The van der Waals surface area contributed by atoms with E-state index >= 15 is 0 Å². The highest BCUT2D eigenvalue weighted by Crippen LogP contribution is 2.25. The van der Waals surface area contributed by atoms with Crippen LogP contribution in [0.1, 0.15) is 54.4 Å². The van der Waals surface area contributed by atoms with Crippen molar-refractivity contribution in [1.82, 2.24) is 15.0 Å². The SMILES string of the molecule is CCC(CC)c1c(C=O)nnn1Cc1ccc(F)cc1. The fourth-order valence-electron chi connectivity index (χ4n) is 2.39. The quantitative estimate of drug-likeness (QED) is 0.761. The molecule has 0 bridgehead atoms. The molecule has 0 spiro atoms. The zero-order valence-corrected chi connectivity index (χ0v) is 11.7. The summed E-state index contributed by atoms with van der Waals surface area (Å²) >= 11 is 0. The zero-order valence-electron chi connectivity index (χ0n) is 11.7. The van der Waals surface area contributed by atoms with Crippen molar-refractivity contribution in [3.8, 4) is 0 Å². The Hall–Kier alpha value is -2.04. The van der Waals surface area contributed by atoms with Crippen molar-refractivity contribution in [1.29, 1.82) is 0 Å². The Morgan fingerprint density at radius 2 is 1.90 bits per heavy atom. The third-order valence-corrected chi connectivity index (χ3v) is 3.53. The topological polar surface area (TPSA) is 47.8 Å². The van der Waals surface area contributed by atoms with Gasteiger partial charge in [0.2, 0.25) is 0 Å². The van der Waals surface area contributed by atoms with Crippen LogP contribution in [0.2, 0.25) is 0 Å². The van der Waals surface area contributed by atoms with Crippen LogP contribution in [0.5, 0.6) is 0 Å². The minimum absolute atomic E-state index is 0.255. The molecule has 1 aromatic carbocycles. The number of nitrogens with zero attached hydrogens (tertiary/aromatic N) is 3. The van der Waals surface area contributed by atoms with E-state index in [-0.39, 0.29) is 11.7 Å². The molecule has 2 rings (SSSR count). The summed E-state index contributed by atoms with van der Waals surface area (Å²) < 4.78 is 14.7. The first-order valence-corrected chi connectivity index (χ1v) is 6.82. The van der Waals surface area contributed by atoms with Crippen LogP contribution in [0.3, 0.4) is 0 Å². The molecule has 1 aromatic heterocycles. The van der Waals surface area contributed by atoms with Crippen LogP contribution >= 0.6 is 0 Å². The van der Waals surface area contributed by atoms with Gasteiger partial charge in [0.25, 0.3) is 0 Å². The van der Waals surface area contributed by atoms with Gasteiger partial charge in [-0.05, 0) is 30.5 Å². The lowest BCUT2D eigenvalue weighted by Gasteiger charge is -2.15. The molecule has 1 heterocycles. The molecule has 20 heavy (non-hydrogen) atoms. The second-order valence-electron chi connectivity index (χ2n) is 4.78. The fraction of sp³-hybridized carbons (Fsp3) is 0.400. The highest BCUT2D eigenvalue weighted by molar-refractivity contribution is 5.73. The maximum absolute atomic E-state index is 12.9. The molecular weight excluding hydrogens is 257 g/mol. The molecule has 0 N–H and O–H groups in total. The second kappa shape index (κ2) is 6.41. The molecule has 2 aromatic rings. The number of benzene rings is 1. The van der Waals surface area contributed by atoms with Gasteiger partial charge in [0, 0.05) is 5.92 Å². The molecule has 0 aliphatic rings. The molecule has 0 aliphatic heterocycles. The van der Waals surface area contributed by atoms with Crippen molar-refractivity contribution in [2.75, 3.05) is 0 Å². The van der Waals surface area contributed by atoms with Crippen LogP contribution in [0.4, 0.5) is 4.39 Å². The van der Waals surface area contributed by atoms with Crippen molar-refractivity contribution in [2.24, 2.45) is 0 Å². The molecule has 0 fully saturated rings. The number of hydrogen-bond donors (Lipinski definition) is 0. The standard InChI is InChI=1S/C15H18FN3O/c1-3-12(4-2)15-14(10-20)17-18-19(15)9-11-5-7-13(16)8-6-11/h5-8,10,12H,3-4,9H2,1-2H3. The normalized spacial score (nSPS) is 11.0. The van der Waals surface area contributed by atoms with E-state index < -0.39 is 0 Å². The molecule has 4 nitrogen and oxygen atoms in total. The fourth-order valence-corrected chi connectivity index (χ4v) is 2.39. The summed E-state index contributed by atoms with van der Waals surface area (Å²) in [5, 5.41) is 8.00. The maximum Gasteiger partial charge on any atom is 0.172 e. The average Bonchev–Trinajstić information content (AvgIpc) is 2.86. The smallest absolute Gasteiger partial charge is 0.172 e. The van der Waals surface area contributed by atoms with Gasteiger partial charge in [0.05, 0.1) is 12.2 Å². The van der Waals surface area contributed by atoms with E-state index in [4.69, 9.17) is 0 Å². The van der Waals surface area contributed by atoms with Crippen molar-refractivity contribution < 1.29 is 9.18 Å². The number of aldehydes is 1. The first-order valence-electron chi connectivity index (χ1n) is 6.82. The minimum Gasteiger partial charge on any atom is -0.296 e. The zero-order chi connectivity index (χ0) is 14.5. The summed E-state index contributed by atoms with van der Waals surface area (Å²) in [6, 6.07) is 6.27. The Bertz CT molecular complexity index is 573. The van der Waals surface area contributed by atoms with Crippen molar-refractivity contribution >= 4 is 6.29 Å². The van der Waals surface area contributed by atoms with Crippen molar-refractivity contribution in [3.63, 3.8) is 0 Å². The average molecular weight is 275 g/mol. The Morgan fingerprint density at radius 1 is 1.25 bits per heavy atom. The number of carbonyl (C=O) groups excluding carboxylic acids is 1. The number of rotatable bonds is 6. The van der Waals surface area contributed by atoms with E-state index in [1.54, 1.807) is 16.8 Å². The number of halogens is 1. The van der Waals surface area contributed by atoms with Crippen LogP contribution in [-0.2, 0) is 6.54 Å². The van der Waals surface area contributed by atoms with Gasteiger partial charge in [-0.2, -0.15) is 0 Å². The summed E-state index contributed by atoms with van der Waals surface area (Å²) in [5.41, 5.74) is 2.20. The summed E-state index contributed by atoms with van der Waals surface area (Å²) in [6.07, 6.45) is 2.60. The monoisotopic (exact) mass is 275 g/mol. The van der Waals surface area contributed by atoms with Crippen LogP contribution in [-0.4, -0.2) is 21.3 Å². The van der Waals surface area contributed by atoms with Gasteiger partial charge in [0.1, 0.15) is 11.5 Å². The summed E-state index contributed by atoms with van der Waals surface area (Å²) in [5.74, 6) is -0.00761. The van der Waals surface area contributed by atoms with E-state index in [9.17, 15) is 9.18 Å². The summed E-state index contributed by atoms with van der Waals surface area (Å²) in [7, 11) is 0. The number of hydrogen-bond acceptors (Lipinski definition) is 3. The Kier molecular flexibility index (Phi) is 4.61. The first-order chi connectivity index (χ1) is 9.69. The second-order valence-corrected chi connectivity index (χ2v) is 4.78. The number of carbonyl (C=O) groups is 1. The van der Waals surface area contributed by atoms with Crippen LogP contribution in [0.25, 0.3) is 0 Å². The predicted molar refractivity (Wildman–Crippen MR) is 74.2 cm³/mol. The van der Waals surface area contributed by atoms with Gasteiger partial charge in [-0.3, -0.25) is 4.79 Å². The van der Waals surface area contributed by atoms with E-state index in [1.165, 1.54) is 12.1 Å².